The van der Waals surface area contributed by atoms with Crippen molar-refractivity contribution in [1.82, 2.24) is 5.32 Å². The standard InChI is InChI=1S/C14H21N3O3/c1-4-10(9-18)15-13(19)14(20)16-11-5-7-12(8-6-11)17(2)3/h5-8,10,18H,4,9H2,1-3H3,(H,15,19)(H,16,20). The number of aliphatic hydroxyl groups excluding tert-OH is 1. The van der Waals surface area contributed by atoms with Gasteiger partial charge in [0.25, 0.3) is 0 Å². The molecule has 0 saturated heterocycles. The van der Waals surface area contributed by atoms with Crippen LogP contribution in [-0.4, -0.2) is 43.7 Å². The average Bonchev–Trinajstić information content (AvgIpc) is 2.44. The predicted molar refractivity (Wildman–Crippen MR) is 78.7 cm³/mol. The lowest BCUT2D eigenvalue weighted by Crippen LogP contribution is -2.43. The number of hydrogen-bond donors (Lipinski definition) is 3. The van der Waals surface area contributed by atoms with E-state index in [2.05, 4.69) is 10.6 Å². The maximum atomic E-state index is 11.7. The summed E-state index contributed by atoms with van der Waals surface area (Å²) < 4.78 is 0. The summed E-state index contributed by atoms with van der Waals surface area (Å²) in [5.41, 5.74) is 1.55. The molecule has 0 aliphatic carbocycles. The van der Waals surface area contributed by atoms with Crippen molar-refractivity contribution in [3.05, 3.63) is 24.3 Å². The summed E-state index contributed by atoms with van der Waals surface area (Å²) in [6.07, 6.45) is 0.563. The Bertz CT molecular complexity index is 453. The molecule has 2 amide bonds. The summed E-state index contributed by atoms with van der Waals surface area (Å²) in [7, 11) is 3.83. The molecular formula is C14H21N3O3. The van der Waals surface area contributed by atoms with E-state index in [0.717, 1.165) is 5.69 Å². The van der Waals surface area contributed by atoms with Gasteiger partial charge in [-0.25, -0.2) is 0 Å². The van der Waals surface area contributed by atoms with E-state index in [1.54, 1.807) is 12.1 Å². The Morgan fingerprint density at radius 2 is 1.80 bits per heavy atom. The summed E-state index contributed by atoms with van der Waals surface area (Å²) in [5, 5.41) is 13.9. The summed E-state index contributed by atoms with van der Waals surface area (Å²) in [6.45, 7) is 1.63. The van der Waals surface area contributed by atoms with Gasteiger partial charge in [-0.2, -0.15) is 0 Å². The molecule has 0 fully saturated rings. The minimum Gasteiger partial charge on any atom is -0.394 e. The van der Waals surface area contributed by atoms with Crippen molar-refractivity contribution >= 4 is 23.2 Å². The SMILES string of the molecule is CCC(CO)NC(=O)C(=O)Nc1ccc(N(C)C)cc1. The van der Waals surface area contributed by atoms with Crippen LogP contribution in [0, 0.1) is 0 Å². The Morgan fingerprint density at radius 3 is 2.25 bits per heavy atom. The third kappa shape index (κ3) is 4.55. The van der Waals surface area contributed by atoms with E-state index in [1.807, 2.05) is 38.1 Å². The number of rotatable bonds is 5. The Morgan fingerprint density at radius 1 is 1.20 bits per heavy atom. The van der Waals surface area contributed by atoms with Gasteiger partial charge in [0, 0.05) is 25.5 Å². The third-order valence-corrected chi connectivity index (χ3v) is 2.90. The van der Waals surface area contributed by atoms with Crippen molar-refractivity contribution in [3.63, 3.8) is 0 Å². The second-order valence-electron chi connectivity index (χ2n) is 4.66. The molecular weight excluding hydrogens is 258 g/mol. The van der Waals surface area contributed by atoms with Gasteiger partial charge in [-0.05, 0) is 30.7 Å². The smallest absolute Gasteiger partial charge is 0.313 e. The van der Waals surface area contributed by atoms with Crippen LogP contribution in [0.5, 0.6) is 0 Å². The molecule has 0 spiro atoms. The number of amides is 2. The van der Waals surface area contributed by atoms with Crippen LogP contribution in [0.25, 0.3) is 0 Å². The number of nitrogens with zero attached hydrogens (tertiary/aromatic N) is 1. The Kier molecular flexibility index (Phi) is 5.99. The van der Waals surface area contributed by atoms with Crippen molar-refractivity contribution in [1.29, 1.82) is 0 Å². The lowest BCUT2D eigenvalue weighted by atomic mass is 10.2. The molecule has 0 saturated carbocycles. The fourth-order valence-electron chi connectivity index (χ4n) is 1.56. The maximum absolute atomic E-state index is 11.7. The number of nitrogens with one attached hydrogen (secondary N) is 2. The average molecular weight is 279 g/mol. The summed E-state index contributed by atoms with van der Waals surface area (Å²) in [4.78, 5) is 25.2. The molecule has 20 heavy (non-hydrogen) atoms. The number of carbonyl (C=O) groups excluding carboxylic acids is 2. The zero-order chi connectivity index (χ0) is 15.1. The first-order valence-electron chi connectivity index (χ1n) is 6.48. The highest BCUT2D eigenvalue weighted by Crippen LogP contribution is 2.15. The quantitative estimate of drug-likeness (QED) is 0.689. The van der Waals surface area contributed by atoms with Gasteiger partial charge in [0.2, 0.25) is 0 Å². The van der Waals surface area contributed by atoms with Crippen molar-refractivity contribution in [3.8, 4) is 0 Å². The van der Waals surface area contributed by atoms with E-state index in [0.29, 0.717) is 12.1 Å². The zero-order valence-corrected chi connectivity index (χ0v) is 12.0. The van der Waals surface area contributed by atoms with Crippen LogP contribution in [0.1, 0.15) is 13.3 Å². The number of hydrogen-bond acceptors (Lipinski definition) is 4. The van der Waals surface area contributed by atoms with Crippen LogP contribution in [0.3, 0.4) is 0 Å². The molecule has 1 unspecified atom stereocenters. The first-order chi connectivity index (χ1) is 9.47. The van der Waals surface area contributed by atoms with E-state index in [4.69, 9.17) is 5.11 Å². The Balaban J connectivity index is 2.59. The molecule has 6 nitrogen and oxygen atoms in total. The van der Waals surface area contributed by atoms with Gasteiger partial charge in [-0.15, -0.1) is 0 Å². The molecule has 0 bridgehead atoms. The highest BCUT2D eigenvalue weighted by atomic mass is 16.3. The van der Waals surface area contributed by atoms with Crippen LogP contribution in [0.2, 0.25) is 0 Å². The van der Waals surface area contributed by atoms with Crippen molar-refractivity contribution < 1.29 is 14.7 Å². The van der Waals surface area contributed by atoms with Gasteiger partial charge in [-0.1, -0.05) is 6.92 Å². The Hall–Kier alpha value is -2.08. The summed E-state index contributed by atoms with van der Waals surface area (Å²) in [5.74, 6) is -1.49. The van der Waals surface area contributed by atoms with E-state index in [9.17, 15) is 9.59 Å². The van der Waals surface area contributed by atoms with Crippen LogP contribution in [-0.2, 0) is 9.59 Å². The molecule has 110 valence electrons. The summed E-state index contributed by atoms with van der Waals surface area (Å²) >= 11 is 0. The van der Waals surface area contributed by atoms with Crippen molar-refractivity contribution in [2.75, 3.05) is 30.9 Å². The molecule has 6 heteroatoms. The van der Waals surface area contributed by atoms with E-state index >= 15 is 0 Å². The van der Waals surface area contributed by atoms with Gasteiger partial charge in [0.1, 0.15) is 0 Å². The first kappa shape index (κ1) is 16.0. The van der Waals surface area contributed by atoms with Crippen LogP contribution in [0.4, 0.5) is 11.4 Å². The van der Waals surface area contributed by atoms with Crippen molar-refractivity contribution in [2.45, 2.75) is 19.4 Å². The monoisotopic (exact) mass is 279 g/mol. The van der Waals surface area contributed by atoms with Crippen LogP contribution < -0.4 is 15.5 Å². The molecule has 0 heterocycles. The number of benzene rings is 1. The molecule has 0 radical (unpaired) electrons. The van der Waals surface area contributed by atoms with Gasteiger partial charge in [-0.3, -0.25) is 9.59 Å². The van der Waals surface area contributed by atoms with Crippen molar-refractivity contribution in [2.24, 2.45) is 0 Å². The lowest BCUT2D eigenvalue weighted by Gasteiger charge is -2.14. The second-order valence-corrected chi connectivity index (χ2v) is 4.66. The van der Waals surface area contributed by atoms with Gasteiger partial charge in [0.15, 0.2) is 0 Å². The van der Waals surface area contributed by atoms with E-state index < -0.39 is 17.9 Å². The molecule has 1 rings (SSSR count). The molecule has 0 aromatic heterocycles. The lowest BCUT2D eigenvalue weighted by molar-refractivity contribution is -0.136. The molecule has 1 atom stereocenters. The van der Waals surface area contributed by atoms with Crippen LogP contribution >= 0.6 is 0 Å². The minimum atomic E-state index is -0.748. The number of aliphatic hydroxyl groups is 1. The predicted octanol–water partition coefficient (Wildman–Crippen LogP) is 0.578. The molecule has 0 aliphatic rings. The highest BCUT2D eigenvalue weighted by molar-refractivity contribution is 6.39. The molecule has 0 aliphatic heterocycles. The number of anilines is 2. The topological polar surface area (TPSA) is 81.7 Å². The Labute approximate surface area is 118 Å². The molecule has 3 N–H and O–H groups in total. The second kappa shape index (κ2) is 7.49. The zero-order valence-electron chi connectivity index (χ0n) is 12.0. The fraction of sp³-hybridized carbons (Fsp3) is 0.429. The third-order valence-electron chi connectivity index (χ3n) is 2.90. The van der Waals surface area contributed by atoms with Gasteiger partial charge in [0.05, 0.1) is 12.6 Å². The maximum Gasteiger partial charge on any atom is 0.313 e. The summed E-state index contributed by atoms with van der Waals surface area (Å²) in [6, 6.07) is 6.74. The van der Waals surface area contributed by atoms with Gasteiger partial charge >= 0.3 is 11.8 Å². The van der Waals surface area contributed by atoms with E-state index in [-0.39, 0.29) is 6.61 Å². The van der Waals surface area contributed by atoms with Crippen LogP contribution in [0.15, 0.2) is 24.3 Å². The molecule has 1 aromatic rings. The highest BCUT2D eigenvalue weighted by Gasteiger charge is 2.17. The molecule has 1 aromatic carbocycles. The fourth-order valence-corrected chi connectivity index (χ4v) is 1.56. The van der Waals surface area contributed by atoms with Gasteiger partial charge < -0.3 is 20.6 Å². The first-order valence-corrected chi connectivity index (χ1v) is 6.48. The number of carbonyl (C=O) groups is 2. The normalized spacial score (nSPS) is 11.6. The largest absolute Gasteiger partial charge is 0.394 e. The minimum absolute atomic E-state index is 0.187. The van der Waals surface area contributed by atoms with E-state index in [1.165, 1.54) is 0 Å².